The molecule has 0 fully saturated rings. The Kier molecular flexibility index (Phi) is 5.61. The van der Waals surface area contributed by atoms with Crippen LogP contribution in [0.15, 0.2) is 48.5 Å². The Morgan fingerprint density at radius 1 is 1.28 bits per heavy atom. The molecule has 0 atom stereocenters. The van der Waals surface area contributed by atoms with Gasteiger partial charge in [0.25, 0.3) is 0 Å². The van der Waals surface area contributed by atoms with Gasteiger partial charge in [-0.15, -0.1) is 0 Å². The van der Waals surface area contributed by atoms with Crippen molar-refractivity contribution in [1.29, 1.82) is 0 Å². The molecule has 3 rings (SSSR count). The van der Waals surface area contributed by atoms with Crippen LogP contribution < -0.4 is 14.8 Å². The molecule has 0 radical (unpaired) electrons. The molecule has 5 heteroatoms. The van der Waals surface area contributed by atoms with Gasteiger partial charge in [-0.25, -0.2) is 0 Å². The fourth-order valence-corrected chi connectivity index (χ4v) is 2.94. The van der Waals surface area contributed by atoms with E-state index in [2.05, 4.69) is 5.32 Å². The summed E-state index contributed by atoms with van der Waals surface area (Å²) in [5, 5.41) is 3.34. The molecule has 0 aliphatic carbocycles. The number of halogens is 1. The number of ether oxygens (including phenoxy) is 2. The van der Waals surface area contributed by atoms with E-state index in [-0.39, 0.29) is 5.91 Å². The van der Waals surface area contributed by atoms with Gasteiger partial charge in [0.1, 0.15) is 24.7 Å². The van der Waals surface area contributed by atoms with Crippen molar-refractivity contribution < 1.29 is 14.3 Å². The van der Waals surface area contributed by atoms with E-state index in [0.717, 1.165) is 28.2 Å². The Balaban J connectivity index is 1.67. The van der Waals surface area contributed by atoms with Gasteiger partial charge in [-0.3, -0.25) is 4.79 Å². The Morgan fingerprint density at radius 3 is 2.96 bits per heavy atom. The number of carbonyl (C=O) groups excluding carboxylic acids is 1. The van der Waals surface area contributed by atoms with E-state index in [9.17, 15) is 4.79 Å². The lowest BCUT2D eigenvalue weighted by Crippen LogP contribution is -2.17. The van der Waals surface area contributed by atoms with Crippen molar-refractivity contribution in [2.75, 3.05) is 13.7 Å². The third kappa shape index (κ3) is 4.54. The Morgan fingerprint density at radius 2 is 2.16 bits per heavy atom. The lowest BCUT2D eigenvalue weighted by molar-refractivity contribution is -0.120. The number of allylic oxidation sites excluding steroid dienone is 1. The van der Waals surface area contributed by atoms with E-state index in [4.69, 9.17) is 21.1 Å². The van der Waals surface area contributed by atoms with E-state index in [1.165, 1.54) is 0 Å². The van der Waals surface area contributed by atoms with Gasteiger partial charge in [-0.2, -0.15) is 0 Å². The summed E-state index contributed by atoms with van der Waals surface area (Å²) in [4.78, 5) is 11.5. The molecule has 4 nitrogen and oxygen atoms in total. The smallest absolute Gasteiger partial charge is 0.220 e. The number of rotatable bonds is 6. The van der Waals surface area contributed by atoms with Gasteiger partial charge in [-0.05, 0) is 47.9 Å². The van der Waals surface area contributed by atoms with E-state index in [1.54, 1.807) is 7.05 Å². The number of carbonyl (C=O) groups is 1. The summed E-state index contributed by atoms with van der Waals surface area (Å²) in [6.07, 6.45) is 3.19. The highest BCUT2D eigenvalue weighted by molar-refractivity contribution is 6.30. The highest BCUT2D eigenvalue weighted by Crippen LogP contribution is 2.35. The zero-order valence-corrected chi connectivity index (χ0v) is 14.8. The minimum absolute atomic E-state index is 0.0374. The van der Waals surface area contributed by atoms with Crippen molar-refractivity contribution in [3.8, 4) is 11.5 Å². The normalized spacial score (nSPS) is 12.6. The molecular weight excluding hydrogens is 338 g/mol. The second kappa shape index (κ2) is 8.08. The summed E-state index contributed by atoms with van der Waals surface area (Å²) >= 11 is 5.99. The first-order chi connectivity index (χ1) is 12.2. The minimum atomic E-state index is 0.0374. The number of benzene rings is 2. The van der Waals surface area contributed by atoms with E-state index >= 15 is 0 Å². The summed E-state index contributed by atoms with van der Waals surface area (Å²) in [5.74, 6) is 1.57. The van der Waals surface area contributed by atoms with Crippen molar-refractivity contribution in [3.63, 3.8) is 0 Å². The second-order valence-electron chi connectivity index (χ2n) is 5.79. The van der Waals surface area contributed by atoms with Crippen molar-refractivity contribution in [2.24, 2.45) is 0 Å². The predicted octanol–water partition coefficient (Wildman–Crippen LogP) is 4.22. The van der Waals surface area contributed by atoms with Crippen LogP contribution in [0.3, 0.4) is 0 Å². The van der Waals surface area contributed by atoms with Crippen molar-refractivity contribution >= 4 is 23.1 Å². The Labute approximate surface area is 152 Å². The molecule has 0 bridgehead atoms. The maximum absolute atomic E-state index is 11.5. The van der Waals surface area contributed by atoms with Crippen LogP contribution in [0.25, 0.3) is 5.57 Å². The third-order valence-electron chi connectivity index (χ3n) is 4.06. The molecule has 0 saturated carbocycles. The van der Waals surface area contributed by atoms with Gasteiger partial charge in [0.05, 0.1) is 0 Å². The fraction of sp³-hybridized carbons (Fsp3) is 0.250. The number of hydrogen-bond donors (Lipinski definition) is 1. The van der Waals surface area contributed by atoms with Crippen molar-refractivity contribution in [1.82, 2.24) is 5.32 Å². The van der Waals surface area contributed by atoms with Gasteiger partial charge >= 0.3 is 0 Å². The SMILES string of the molecule is CNC(=O)CCC1=CCOc2cc(OCc3cccc(Cl)c3)ccc21. The van der Waals surface area contributed by atoms with Crippen LogP contribution in [0.1, 0.15) is 24.0 Å². The molecule has 2 aromatic carbocycles. The van der Waals surface area contributed by atoms with Crippen molar-refractivity contribution in [2.45, 2.75) is 19.4 Å². The van der Waals surface area contributed by atoms with Crippen LogP contribution in [0.4, 0.5) is 0 Å². The maximum atomic E-state index is 11.5. The number of hydrogen-bond acceptors (Lipinski definition) is 3. The molecular formula is C20H20ClNO3. The molecule has 0 saturated heterocycles. The first kappa shape index (κ1) is 17.4. The van der Waals surface area contributed by atoms with Gasteiger partial charge in [-0.1, -0.05) is 23.7 Å². The van der Waals surface area contributed by atoms with Crippen LogP contribution in [0, 0.1) is 0 Å². The first-order valence-corrected chi connectivity index (χ1v) is 8.57. The maximum Gasteiger partial charge on any atom is 0.220 e. The fourth-order valence-electron chi connectivity index (χ4n) is 2.72. The molecule has 0 unspecified atom stereocenters. The largest absolute Gasteiger partial charge is 0.489 e. The molecule has 1 amide bonds. The van der Waals surface area contributed by atoms with Crippen LogP contribution in [-0.4, -0.2) is 19.6 Å². The summed E-state index contributed by atoms with van der Waals surface area (Å²) in [5.41, 5.74) is 3.16. The highest BCUT2D eigenvalue weighted by Gasteiger charge is 2.15. The molecule has 0 spiro atoms. The summed E-state index contributed by atoms with van der Waals surface area (Å²) in [6.45, 7) is 0.951. The summed E-state index contributed by atoms with van der Waals surface area (Å²) < 4.78 is 11.6. The number of nitrogens with one attached hydrogen (secondary N) is 1. The number of fused-ring (bicyclic) bond motifs is 1. The Hall–Kier alpha value is -2.46. The van der Waals surface area contributed by atoms with E-state index in [1.807, 2.05) is 48.5 Å². The summed E-state index contributed by atoms with van der Waals surface area (Å²) in [7, 11) is 1.65. The molecule has 130 valence electrons. The predicted molar refractivity (Wildman–Crippen MR) is 99.0 cm³/mol. The molecule has 1 heterocycles. The van der Waals surface area contributed by atoms with Crippen LogP contribution in [0.5, 0.6) is 11.5 Å². The van der Waals surface area contributed by atoms with Crippen molar-refractivity contribution in [3.05, 3.63) is 64.7 Å². The molecule has 1 aliphatic rings. The second-order valence-corrected chi connectivity index (χ2v) is 6.23. The zero-order chi connectivity index (χ0) is 17.6. The Bertz CT molecular complexity index is 801. The molecule has 0 aromatic heterocycles. The minimum Gasteiger partial charge on any atom is -0.489 e. The lowest BCUT2D eigenvalue weighted by Gasteiger charge is -2.19. The zero-order valence-electron chi connectivity index (χ0n) is 14.0. The highest BCUT2D eigenvalue weighted by atomic mass is 35.5. The van der Waals surface area contributed by atoms with E-state index in [0.29, 0.717) is 31.1 Å². The average molecular weight is 358 g/mol. The molecule has 25 heavy (non-hydrogen) atoms. The lowest BCUT2D eigenvalue weighted by atomic mass is 9.98. The van der Waals surface area contributed by atoms with Gasteiger partial charge < -0.3 is 14.8 Å². The molecule has 1 N–H and O–H groups in total. The van der Waals surface area contributed by atoms with Crippen LogP contribution in [-0.2, 0) is 11.4 Å². The quantitative estimate of drug-likeness (QED) is 0.842. The van der Waals surface area contributed by atoms with Gasteiger partial charge in [0.2, 0.25) is 5.91 Å². The van der Waals surface area contributed by atoms with Gasteiger partial charge in [0.15, 0.2) is 0 Å². The monoisotopic (exact) mass is 357 g/mol. The van der Waals surface area contributed by atoms with E-state index < -0.39 is 0 Å². The van der Waals surface area contributed by atoms with Gasteiger partial charge in [0, 0.05) is 30.1 Å². The molecule has 2 aromatic rings. The first-order valence-electron chi connectivity index (χ1n) is 8.20. The standard InChI is InChI=1S/C20H20ClNO3/c1-22-20(23)8-5-15-9-10-24-19-12-17(6-7-18(15)19)25-13-14-3-2-4-16(21)11-14/h2-4,6-7,9,11-12H,5,8,10,13H2,1H3,(H,22,23). The summed E-state index contributed by atoms with van der Waals surface area (Å²) in [6, 6.07) is 13.4. The topological polar surface area (TPSA) is 47.6 Å². The molecule has 1 aliphatic heterocycles. The number of amides is 1. The third-order valence-corrected chi connectivity index (χ3v) is 4.30. The van der Waals surface area contributed by atoms with Crippen LogP contribution in [0.2, 0.25) is 5.02 Å². The van der Waals surface area contributed by atoms with Crippen LogP contribution >= 0.6 is 11.6 Å². The average Bonchev–Trinajstić information content (AvgIpc) is 2.64.